The lowest BCUT2D eigenvalue weighted by atomic mass is 9.90. The number of aromatic nitrogens is 3. The number of carbonyl (C=O) groups is 1. The second-order valence-electron chi connectivity index (χ2n) is 12.1. The van der Waals surface area contributed by atoms with Gasteiger partial charge in [0.15, 0.2) is 5.65 Å². The standard InChI is InChI=1S/C29H33ClF3N5O4/c1-17-13-34-21(14-42-17)18-3-5-19(6-4-18)38-23(30)11-20-24(38)35-16-37(25(20)39)15-28(41)7-9-36(10-8-28)26(40)27(2)12-22(27)29(31,32)33/h3-6,11,16-17,21-22,34,41H,7-10,12-15H2,1-2H3/t17-,21-,22+,27+/m1/s1. The van der Waals surface area contributed by atoms with Crippen molar-refractivity contribution in [3.63, 3.8) is 0 Å². The van der Waals surface area contributed by atoms with E-state index in [2.05, 4.69) is 10.3 Å². The number of halogens is 4. The number of likely N-dealkylation sites (tertiary alicyclic amines) is 1. The van der Waals surface area contributed by atoms with Gasteiger partial charge in [-0.2, -0.15) is 13.2 Å². The molecule has 2 aromatic heterocycles. The van der Waals surface area contributed by atoms with Crippen LogP contribution in [-0.2, 0) is 16.1 Å². The second-order valence-corrected chi connectivity index (χ2v) is 12.5. The topological polar surface area (TPSA) is 102 Å². The molecule has 1 amide bonds. The fourth-order valence-corrected chi connectivity index (χ4v) is 6.53. The lowest BCUT2D eigenvalue weighted by Crippen LogP contribution is -2.51. The summed E-state index contributed by atoms with van der Waals surface area (Å²) in [6, 6.07) is 9.41. The first kappa shape index (κ1) is 29.2. The second kappa shape index (κ2) is 10.4. The van der Waals surface area contributed by atoms with E-state index in [-0.39, 0.29) is 56.6 Å². The van der Waals surface area contributed by atoms with Crippen molar-refractivity contribution in [1.82, 2.24) is 24.3 Å². The lowest BCUT2D eigenvalue weighted by Gasteiger charge is -2.39. The normalized spacial score (nSPS) is 27.8. The Morgan fingerprint density at radius 2 is 1.93 bits per heavy atom. The predicted octanol–water partition coefficient (Wildman–Crippen LogP) is 3.83. The number of hydrogen-bond acceptors (Lipinski definition) is 6. The van der Waals surface area contributed by atoms with E-state index in [0.29, 0.717) is 22.8 Å². The SMILES string of the molecule is C[C@@H]1CN[C@@H](c2ccc(-n3c(Cl)cc4c(=O)n(CC5(O)CCN(C(=O)[C@@]6(C)C[C@@H]6C(F)(F)F)CC5)cnc43)cc2)CO1. The van der Waals surface area contributed by atoms with E-state index in [9.17, 15) is 27.9 Å². The quantitative estimate of drug-likeness (QED) is 0.457. The van der Waals surface area contributed by atoms with Gasteiger partial charge in [-0.15, -0.1) is 0 Å². The van der Waals surface area contributed by atoms with E-state index in [1.165, 1.54) is 22.7 Å². The molecule has 3 aromatic rings. The molecule has 1 aromatic carbocycles. The zero-order valence-corrected chi connectivity index (χ0v) is 24.1. The molecule has 4 atom stereocenters. The third kappa shape index (κ3) is 5.23. The third-order valence-electron chi connectivity index (χ3n) is 9.06. The molecule has 1 aliphatic carbocycles. The van der Waals surface area contributed by atoms with Crippen molar-refractivity contribution in [3.05, 3.63) is 57.7 Å². The van der Waals surface area contributed by atoms with Crippen LogP contribution in [0, 0.1) is 11.3 Å². The summed E-state index contributed by atoms with van der Waals surface area (Å²) in [6.07, 6.45) is -2.82. The van der Waals surface area contributed by atoms with Gasteiger partial charge in [-0.3, -0.25) is 18.7 Å². The summed E-state index contributed by atoms with van der Waals surface area (Å²) < 4.78 is 48.2. The molecule has 2 saturated heterocycles. The summed E-state index contributed by atoms with van der Waals surface area (Å²) in [5.74, 6) is -2.16. The minimum Gasteiger partial charge on any atom is -0.388 e. The van der Waals surface area contributed by atoms with Gasteiger partial charge in [0.05, 0.1) is 47.6 Å². The zero-order chi connectivity index (χ0) is 30.0. The average molecular weight is 608 g/mol. The maximum Gasteiger partial charge on any atom is 0.392 e. The molecule has 1 saturated carbocycles. The van der Waals surface area contributed by atoms with Crippen molar-refractivity contribution in [2.75, 3.05) is 26.2 Å². The van der Waals surface area contributed by atoms with Crippen molar-refractivity contribution in [1.29, 1.82) is 0 Å². The Bertz CT molecular complexity index is 1560. The number of nitrogens with zero attached hydrogens (tertiary/aromatic N) is 4. The number of piperidine rings is 1. The van der Waals surface area contributed by atoms with E-state index in [1.54, 1.807) is 10.6 Å². The van der Waals surface area contributed by atoms with Gasteiger partial charge >= 0.3 is 6.18 Å². The summed E-state index contributed by atoms with van der Waals surface area (Å²) in [5.41, 5.74) is -0.943. The van der Waals surface area contributed by atoms with E-state index < -0.39 is 29.0 Å². The van der Waals surface area contributed by atoms with Crippen LogP contribution in [-0.4, -0.2) is 74.2 Å². The molecule has 4 heterocycles. The summed E-state index contributed by atoms with van der Waals surface area (Å²) in [7, 11) is 0. The van der Waals surface area contributed by atoms with Gasteiger partial charge in [-0.1, -0.05) is 30.7 Å². The first-order valence-electron chi connectivity index (χ1n) is 14.1. The number of fused-ring (bicyclic) bond motifs is 1. The molecular formula is C29H33ClF3N5O4. The molecule has 13 heteroatoms. The molecule has 0 radical (unpaired) electrons. The van der Waals surface area contributed by atoms with Gasteiger partial charge < -0.3 is 20.1 Å². The summed E-state index contributed by atoms with van der Waals surface area (Å²) in [5, 5.41) is 15.3. The van der Waals surface area contributed by atoms with Crippen molar-refractivity contribution in [3.8, 4) is 5.69 Å². The first-order valence-corrected chi connectivity index (χ1v) is 14.5. The van der Waals surface area contributed by atoms with Crippen LogP contribution in [0.1, 0.15) is 44.7 Å². The number of amides is 1. The Hall–Kier alpha value is -2.93. The minimum absolute atomic E-state index is 0.0637. The zero-order valence-electron chi connectivity index (χ0n) is 23.3. The number of hydrogen-bond donors (Lipinski definition) is 2. The maximum atomic E-state index is 13.4. The van der Waals surface area contributed by atoms with Gasteiger partial charge in [0.2, 0.25) is 5.91 Å². The minimum atomic E-state index is -4.40. The van der Waals surface area contributed by atoms with Gasteiger partial charge in [0.1, 0.15) is 11.5 Å². The van der Waals surface area contributed by atoms with Gasteiger partial charge in [0, 0.05) is 25.3 Å². The Kier molecular flexibility index (Phi) is 7.19. The molecule has 9 nitrogen and oxygen atoms in total. The van der Waals surface area contributed by atoms with Crippen LogP contribution < -0.4 is 10.9 Å². The van der Waals surface area contributed by atoms with Crippen LogP contribution >= 0.6 is 11.6 Å². The summed E-state index contributed by atoms with van der Waals surface area (Å²) >= 11 is 6.56. The van der Waals surface area contributed by atoms with Gasteiger partial charge in [0.25, 0.3) is 5.56 Å². The molecule has 6 rings (SSSR count). The Labute approximate surface area is 245 Å². The van der Waals surface area contributed by atoms with E-state index >= 15 is 0 Å². The van der Waals surface area contributed by atoms with Crippen molar-refractivity contribution in [2.24, 2.45) is 11.3 Å². The highest BCUT2D eigenvalue weighted by Crippen LogP contribution is 2.61. The average Bonchev–Trinajstić information content (AvgIpc) is 3.56. The molecule has 3 fully saturated rings. The molecule has 0 unspecified atom stereocenters. The van der Waals surface area contributed by atoms with E-state index in [4.69, 9.17) is 16.3 Å². The number of ether oxygens (including phenoxy) is 1. The van der Waals surface area contributed by atoms with Crippen LogP contribution in [0.5, 0.6) is 0 Å². The molecule has 226 valence electrons. The fourth-order valence-electron chi connectivity index (χ4n) is 6.24. The van der Waals surface area contributed by atoms with E-state index in [0.717, 1.165) is 17.8 Å². The van der Waals surface area contributed by atoms with Crippen LogP contribution in [0.25, 0.3) is 16.7 Å². The highest BCUT2D eigenvalue weighted by atomic mass is 35.5. The molecular weight excluding hydrogens is 575 g/mol. The van der Waals surface area contributed by atoms with Crippen LogP contribution in [0.15, 0.2) is 41.5 Å². The molecule has 42 heavy (non-hydrogen) atoms. The van der Waals surface area contributed by atoms with E-state index in [1.807, 2.05) is 31.2 Å². The largest absolute Gasteiger partial charge is 0.392 e. The van der Waals surface area contributed by atoms with Gasteiger partial charge in [-0.05, 0) is 49.9 Å². The highest BCUT2D eigenvalue weighted by molar-refractivity contribution is 6.31. The molecule has 2 N–H and O–H groups in total. The number of nitrogens with one attached hydrogen (secondary N) is 1. The number of rotatable bonds is 5. The molecule has 3 aliphatic rings. The third-order valence-corrected chi connectivity index (χ3v) is 9.34. The molecule has 0 spiro atoms. The number of morpholine rings is 1. The number of alkyl halides is 3. The number of carbonyl (C=O) groups excluding carboxylic acids is 1. The first-order chi connectivity index (χ1) is 19.8. The summed E-state index contributed by atoms with van der Waals surface area (Å²) in [4.78, 5) is 32.1. The molecule has 2 aliphatic heterocycles. The Balaban J connectivity index is 1.16. The van der Waals surface area contributed by atoms with Crippen molar-refractivity contribution in [2.45, 2.75) is 63.6 Å². The van der Waals surface area contributed by atoms with Gasteiger partial charge in [-0.25, -0.2) is 4.98 Å². The molecule has 0 bridgehead atoms. The van der Waals surface area contributed by atoms with Crippen LogP contribution in [0.2, 0.25) is 5.15 Å². The Morgan fingerprint density at radius 1 is 1.24 bits per heavy atom. The summed E-state index contributed by atoms with van der Waals surface area (Å²) in [6.45, 7) is 4.87. The smallest absolute Gasteiger partial charge is 0.388 e. The van der Waals surface area contributed by atoms with Crippen LogP contribution in [0.3, 0.4) is 0 Å². The highest BCUT2D eigenvalue weighted by Gasteiger charge is 2.68. The van der Waals surface area contributed by atoms with Crippen LogP contribution in [0.4, 0.5) is 13.2 Å². The number of benzene rings is 1. The fraction of sp³-hybridized carbons (Fsp3) is 0.552. The number of aliphatic hydroxyl groups is 1. The van der Waals surface area contributed by atoms with Crippen molar-refractivity contribution >= 4 is 28.5 Å². The Morgan fingerprint density at radius 3 is 2.52 bits per heavy atom. The maximum absolute atomic E-state index is 13.4. The predicted molar refractivity (Wildman–Crippen MR) is 150 cm³/mol. The lowest BCUT2D eigenvalue weighted by molar-refractivity contribution is -0.165. The monoisotopic (exact) mass is 607 g/mol. The van der Waals surface area contributed by atoms with Crippen molar-refractivity contribution < 1.29 is 27.8 Å².